The number of aryl methyl sites for hydroxylation is 1. The first-order valence-corrected chi connectivity index (χ1v) is 11.7. The van der Waals surface area contributed by atoms with Crippen molar-refractivity contribution in [3.63, 3.8) is 0 Å². The van der Waals surface area contributed by atoms with Crippen molar-refractivity contribution >= 4 is 23.2 Å². The number of thiophene rings is 1. The second-order valence-electron chi connectivity index (χ2n) is 7.83. The lowest BCUT2D eigenvalue weighted by Crippen LogP contribution is -2.36. The highest BCUT2D eigenvalue weighted by Crippen LogP contribution is 2.24. The van der Waals surface area contributed by atoms with E-state index in [2.05, 4.69) is 5.10 Å². The van der Waals surface area contributed by atoms with Crippen LogP contribution in [0.25, 0.3) is 0 Å². The molecular formula is C23H26N4O5S. The third-order valence-electron chi connectivity index (χ3n) is 5.64. The predicted octanol–water partition coefficient (Wildman–Crippen LogP) is 1.91. The Kier molecular flexibility index (Phi) is 6.93. The average molecular weight is 471 g/mol. The van der Waals surface area contributed by atoms with Crippen molar-refractivity contribution in [2.75, 3.05) is 26.8 Å². The monoisotopic (exact) mass is 470 g/mol. The molecule has 0 aliphatic carbocycles. The Morgan fingerprint density at radius 1 is 1.21 bits per heavy atom. The van der Waals surface area contributed by atoms with E-state index in [-0.39, 0.29) is 35.9 Å². The molecule has 0 unspecified atom stereocenters. The minimum atomic E-state index is -0.559. The first-order valence-electron chi connectivity index (χ1n) is 10.7. The van der Waals surface area contributed by atoms with Crippen molar-refractivity contribution in [2.24, 2.45) is 0 Å². The Labute approximate surface area is 195 Å². The minimum Gasteiger partial charge on any atom is -0.492 e. The van der Waals surface area contributed by atoms with Gasteiger partial charge in [-0.05, 0) is 35.4 Å². The lowest BCUT2D eigenvalue weighted by molar-refractivity contribution is -0.132. The summed E-state index contributed by atoms with van der Waals surface area (Å²) in [5.41, 5.74) is 2.49. The summed E-state index contributed by atoms with van der Waals surface area (Å²) < 4.78 is 14.0. The fourth-order valence-electron chi connectivity index (χ4n) is 3.94. The Balaban J connectivity index is 1.55. The smallest absolute Gasteiger partial charge is 0.343 e. The van der Waals surface area contributed by atoms with Crippen molar-refractivity contribution < 1.29 is 19.1 Å². The zero-order valence-electron chi connectivity index (χ0n) is 18.7. The van der Waals surface area contributed by atoms with Crippen molar-refractivity contribution in [2.45, 2.75) is 32.9 Å². The van der Waals surface area contributed by atoms with Gasteiger partial charge >= 0.3 is 5.97 Å². The third-order valence-corrected chi connectivity index (χ3v) is 6.37. The highest BCUT2D eigenvalue weighted by Gasteiger charge is 2.27. The summed E-state index contributed by atoms with van der Waals surface area (Å²) in [6.45, 7) is 3.35. The maximum Gasteiger partial charge on any atom is 0.343 e. The maximum absolute atomic E-state index is 12.9. The molecular weight excluding hydrogens is 444 g/mol. The summed E-state index contributed by atoms with van der Waals surface area (Å²) in [6.07, 6.45) is 2.77. The van der Waals surface area contributed by atoms with E-state index in [9.17, 15) is 14.4 Å². The van der Waals surface area contributed by atoms with Gasteiger partial charge < -0.3 is 18.9 Å². The molecule has 0 aromatic carbocycles. The van der Waals surface area contributed by atoms with Crippen molar-refractivity contribution in [1.82, 2.24) is 19.2 Å². The predicted molar refractivity (Wildman–Crippen MR) is 123 cm³/mol. The molecule has 0 spiro atoms. The maximum atomic E-state index is 12.9. The normalized spacial score (nSPS) is 13.3. The van der Waals surface area contributed by atoms with E-state index in [1.54, 1.807) is 31.7 Å². The molecule has 0 radical (unpaired) electrons. The Hall–Kier alpha value is -3.40. The van der Waals surface area contributed by atoms with Crippen LogP contribution in [0.3, 0.4) is 0 Å². The number of pyridine rings is 1. The molecule has 0 bridgehead atoms. The van der Waals surface area contributed by atoms with Gasteiger partial charge in [0.1, 0.15) is 17.9 Å². The fourth-order valence-corrected chi connectivity index (χ4v) is 4.64. The molecule has 1 aliphatic rings. The number of carbonyl (C=O) groups is 2. The molecule has 1 aliphatic heterocycles. The molecule has 4 rings (SSSR count). The van der Waals surface area contributed by atoms with Gasteiger partial charge in [0.05, 0.1) is 19.4 Å². The molecule has 9 nitrogen and oxygen atoms in total. The lowest BCUT2D eigenvalue weighted by atomic mass is 10.1. The van der Waals surface area contributed by atoms with Crippen LogP contribution in [0.4, 0.5) is 0 Å². The van der Waals surface area contributed by atoms with E-state index in [4.69, 9.17) is 9.47 Å². The van der Waals surface area contributed by atoms with Crippen LogP contribution >= 0.6 is 11.3 Å². The average Bonchev–Trinajstić information content (AvgIpc) is 3.40. The summed E-state index contributed by atoms with van der Waals surface area (Å²) in [7, 11) is 1.30. The molecule has 0 atom stereocenters. The van der Waals surface area contributed by atoms with Gasteiger partial charge in [-0.25, -0.2) is 4.79 Å². The number of aromatic nitrogens is 3. The number of esters is 1. The zero-order chi connectivity index (χ0) is 23.4. The van der Waals surface area contributed by atoms with Crippen molar-refractivity contribution in [3.8, 4) is 5.75 Å². The van der Waals surface area contributed by atoms with Crippen LogP contribution < -0.4 is 10.3 Å². The van der Waals surface area contributed by atoms with E-state index in [1.165, 1.54) is 13.2 Å². The summed E-state index contributed by atoms with van der Waals surface area (Å²) in [4.78, 5) is 40.1. The topological polar surface area (TPSA) is 95.7 Å². The number of hydrogen-bond donors (Lipinski definition) is 0. The van der Waals surface area contributed by atoms with Crippen LogP contribution in [0.5, 0.6) is 5.75 Å². The summed E-state index contributed by atoms with van der Waals surface area (Å²) in [5, 5.41) is 8.29. The lowest BCUT2D eigenvalue weighted by Gasteiger charge is -2.19. The standard InChI is InChI=1S/C23H26N4O5S/c1-16-3-8-26(24-16)14-21(29)25-7-4-18-22(23(30)31-2)19(13-20(28)27(18)10-9-25)32-11-5-17-6-12-33-15-17/h3,6,8,12-13,15H,4-5,7,9-11,14H2,1-2H3. The summed E-state index contributed by atoms with van der Waals surface area (Å²) in [5.74, 6) is -0.429. The highest BCUT2D eigenvalue weighted by molar-refractivity contribution is 7.07. The fraction of sp³-hybridized carbons (Fsp3) is 0.391. The molecule has 4 heterocycles. The van der Waals surface area contributed by atoms with Crippen LogP contribution in [-0.4, -0.2) is 57.9 Å². The molecule has 33 heavy (non-hydrogen) atoms. The molecule has 0 saturated heterocycles. The number of amides is 1. The van der Waals surface area contributed by atoms with Gasteiger partial charge in [0.25, 0.3) is 5.56 Å². The zero-order valence-corrected chi connectivity index (χ0v) is 19.5. The first kappa shape index (κ1) is 22.8. The summed E-state index contributed by atoms with van der Waals surface area (Å²) >= 11 is 1.60. The first-order chi connectivity index (χ1) is 16.0. The van der Waals surface area contributed by atoms with Crippen LogP contribution in [0, 0.1) is 6.92 Å². The number of rotatable bonds is 7. The molecule has 0 N–H and O–H groups in total. The van der Waals surface area contributed by atoms with E-state index < -0.39 is 5.97 Å². The van der Waals surface area contributed by atoms with Gasteiger partial charge in [-0.1, -0.05) is 0 Å². The second-order valence-corrected chi connectivity index (χ2v) is 8.61. The quantitative estimate of drug-likeness (QED) is 0.490. The van der Waals surface area contributed by atoms with Crippen LogP contribution in [0.2, 0.25) is 0 Å². The Morgan fingerprint density at radius 2 is 2.06 bits per heavy atom. The van der Waals surface area contributed by atoms with Crippen molar-refractivity contribution in [3.05, 3.63) is 68.0 Å². The number of fused-ring (bicyclic) bond motifs is 1. The van der Waals surface area contributed by atoms with E-state index in [0.29, 0.717) is 38.2 Å². The van der Waals surface area contributed by atoms with Crippen LogP contribution in [0.1, 0.15) is 27.3 Å². The number of nitrogens with zero attached hydrogens (tertiary/aromatic N) is 4. The molecule has 174 valence electrons. The number of hydrogen-bond acceptors (Lipinski definition) is 7. The molecule has 3 aromatic heterocycles. The largest absolute Gasteiger partial charge is 0.492 e. The third kappa shape index (κ3) is 5.16. The van der Waals surface area contributed by atoms with Gasteiger partial charge in [0.2, 0.25) is 5.91 Å². The SMILES string of the molecule is COC(=O)c1c(OCCc2ccsc2)cc(=O)n2c1CCN(C(=O)Cn1ccc(C)n1)CC2. The Morgan fingerprint density at radius 3 is 2.76 bits per heavy atom. The van der Waals surface area contributed by atoms with E-state index in [0.717, 1.165) is 11.3 Å². The number of carbonyl (C=O) groups excluding carboxylic acids is 2. The van der Waals surface area contributed by atoms with Gasteiger partial charge in [-0.15, -0.1) is 0 Å². The Bertz CT molecular complexity index is 1200. The molecule has 0 fully saturated rings. The van der Waals surface area contributed by atoms with Crippen LogP contribution in [-0.2, 0) is 35.5 Å². The highest BCUT2D eigenvalue weighted by atomic mass is 32.1. The van der Waals surface area contributed by atoms with Gasteiger partial charge in [-0.2, -0.15) is 16.4 Å². The molecule has 1 amide bonds. The number of methoxy groups -OCH3 is 1. The van der Waals surface area contributed by atoms with E-state index >= 15 is 0 Å². The number of ether oxygens (including phenoxy) is 2. The van der Waals surface area contributed by atoms with Gasteiger partial charge in [0.15, 0.2) is 0 Å². The molecule has 0 saturated carbocycles. The van der Waals surface area contributed by atoms with Gasteiger partial charge in [0, 0.05) is 50.4 Å². The minimum absolute atomic E-state index is 0.0918. The molecule has 10 heteroatoms. The van der Waals surface area contributed by atoms with E-state index in [1.807, 2.05) is 29.8 Å². The molecule has 3 aromatic rings. The van der Waals surface area contributed by atoms with Crippen LogP contribution in [0.15, 0.2) is 40.0 Å². The second kappa shape index (κ2) is 10.0. The summed E-state index contributed by atoms with van der Waals surface area (Å²) in [6, 6.07) is 5.19. The van der Waals surface area contributed by atoms with Gasteiger partial charge in [-0.3, -0.25) is 14.3 Å². The van der Waals surface area contributed by atoms with Crippen molar-refractivity contribution in [1.29, 1.82) is 0 Å².